The predicted molar refractivity (Wildman–Crippen MR) is 75.3 cm³/mol. The molecule has 1 amide bonds. The van der Waals surface area contributed by atoms with Crippen molar-refractivity contribution in [2.24, 2.45) is 0 Å². The molecule has 2 rings (SSSR count). The summed E-state index contributed by atoms with van der Waals surface area (Å²) in [7, 11) is 0. The minimum absolute atomic E-state index is 0.296. The average Bonchev–Trinajstić information content (AvgIpc) is 2.52. The third-order valence-electron chi connectivity index (χ3n) is 2.74. The number of benzene rings is 2. The van der Waals surface area contributed by atoms with Crippen molar-refractivity contribution < 1.29 is 18.9 Å². The third kappa shape index (κ3) is 4.27. The molecular weight excluding hydrogens is 295 g/mol. The summed E-state index contributed by atoms with van der Waals surface area (Å²) in [5.41, 5.74) is 2.65. The van der Waals surface area contributed by atoms with Gasteiger partial charge in [0.15, 0.2) is 4.90 Å². The summed E-state index contributed by atoms with van der Waals surface area (Å²) in [6.45, 7) is 0.296. The highest BCUT2D eigenvalue weighted by Gasteiger charge is 2.12. The van der Waals surface area contributed by atoms with Crippen LogP contribution in [0.1, 0.15) is 15.9 Å². The van der Waals surface area contributed by atoms with E-state index in [1.165, 1.54) is 35.8 Å². The molecule has 0 radical (unpaired) electrons. The first kappa shape index (κ1) is 15.5. The zero-order valence-electron chi connectivity index (χ0n) is 10.9. The maximum atomic E-state index is 13.0. The molecule has 0 bridgehead atoms. The van der Waals surface area contributed by atoms with Crippen LogP contribution in [-0.2, 0) is 17.9 Å². The third-order valence-corrected chi connectivity index (χ3v) is 3.82. The van der Waals surface area contributed by atoms with Crippen LogP contribution in [0.2, 0.25) is 0 Å². The largest absolute Gasteiger partial charge is 0.593 e. The van der Waals surface area contributed by atoms with E-state index in [9.17, 15) is 13.7 Å². The average molecular weight is 308 g/mol. The molecule has 0 aliphatic carbocycles. The molecule has 0 heterocycles. The van der Waals surface area contributed by atoms with Crippen molar-refractivity contribution in [2.45, 2.75) is 11.4 Å². The monoisotopic (exact) mass is 308 g/mol. The van der Waals surface area contributed by atoms with Crippen LogP contribution in [0, 0.1) is 5.82 Å². The lowest BCUT2D eigenvalue weighted by atomic mass is 10.1. The minimum atomic E-state index is -1.52. The summed E-state index contributed by atoms with van der Waals surface area (Å²) in [5.74, 6) is -1.04. The van der Waals surface area contributed by atoms with Gasteiger partial charge in [0.2, 0.25) is 0 Å². The number of rotatable bonds is 5. The van der Waals surface area contributed by atoms with Gasteiger partial charge in [0, 0.05) is 11.6 Å². The zero-order chi connectivity index (χ0) is 15.2. The van der Waals surface area contributed by atoms with Crippen LogP contribution in [-0.4, -0.2) is 15.7 Å². The van der Waals surface area contributed by atoms with E-state index in [0.29, 0.717) is 17.0 Å². The van der Waals surface area contributed by atoms with Crippen LogP contribution < -0.4 is 10.2 Å². The van der Waals surface area contributed by atoms with Crippen LogP contribution in [0.15, 0.2) is 53.4 Å². The Balaban J connectivity index is 1.95. The molecule has 0 aliphatic heterocycles. The SMILES string of the molecule is O=C(NO)c1ccc(CN[S+]([O-])c2cccc(F)c2)cc1. The molecule has 21 heavy (non-hydrogen) atoms. The van der Waals surface area contributed by atoms with Gasteiger partial charge in [-0.1, -0.05) is 18.2 Å². The summed E-state index contributed by atoms with van der Waals surface area (Å²) >= 11 is -1.52. The van der Waals surface area contributed by atoms with Gasteiger partial charge in [-0.2, -0.15) is 0 Å². The van der Waals surface area contributed by atoms with Crippen molar-refractivity contribution in [3.8, 4) is 0 Å². The van der Waals surface area contributed by atoms with Gasteiger partial charge in [-0.05, 0) is 29.8 Å². The molecule has 5 nitrogen and oxygen atoms in total. The molecule has 0 aliphatic rings. The predicted octanol–water partition coefficient (Wildman–Crippen LogP) is 1.76. The number of nitrogens with one attached hydrogen (secondary N) is 2. The van der Waals surface area contributed by atoms with E-state index in [0.717, 1.165) is 5.56 Å². The van der Waals surface area contributed by atoms with Gasteiger partial charge in [0.25, 0.3) is 5.91 Å². The molecule has 1 atom stereocenters. The molecule has 2 aromatic rings. The Kier molecular flexibility index (Phi) is 5.29. The first-order valence-electron chi connectivity index (χ1n) is 6.04. The van der Waals surface area contributed by atoms with Crippen molar-refractivity contribution in [3.05, 3.63) is 65.5 Å². The van der Waals surface area contributed by atoms with E-state index < -0.39 is 23.1 Å². The topological polar surface area (TPSA) is 84.4 Å². The van der Waals surface area contributed by atoms with Gasteiger partial charge in [-0.3, -0.25) is 10.0 Å². The lowest BCUT2D eigenvalue weighted by Gasteiger charge is -2.10. The van der Waals surface area contributed by atoms with Crippen LogP contribution in [0.25, 0.3) is 0 Å². The molecule has 0 spiro atoms. The van der Waals surface area contributed by atoms with Crippen LogP contribution >= 0.6 is 0 Å². The number of carbonyl (C=O) groups excluding carboxylic acids is 1. The van der Waals surface area contributed by atoms with Gasteiger partial charge in [0.1, 0.15) is 5.82 Å². The van der Waals surface area contributed by atoms with Gasteiger partial charge >= 0.3 is 0 Å². The first-order valence-corrected chi connectivity index (χ1v) is 7.19. The molecule has 1 unspecified atom stereocenters. The molecule has 3 N–H and O–H groups in total. The second-order valence-corrected chi connectivity index (χ2v) is 5.48. The Morgan fingerprint density at radius 3 is 2.57 bits per heavy atom. The Labute approximate surface area is 124 Å². The van der Waals surface area contributed by atoms with E-state index in [-0.39, 0.29) is 0 Å². The molecule has 2 aromatic carbocycles. The highest BCUT2D eigenvalue weighted by atomic mass is 32.2. The number of hydroxylamine groups is 1. The lowest BCUT2D eigenvalue weighted by Crippen LogP contribution is -2.23. The number of hydrogen-bond acceptors (Lipinski definition) is 4. The Morgan fingerprint density at radius 2 is 1.95 bits per heavy atom. The number of amides is 1. The molecule has 0 aromatic heterocycles. The maximum absolute atomic E-state index is 13.0. The molecule has 0 saturated heterocycles. The van der Waals surface area contributed by atoms with Crippen LogP contribution in [0.3, 0.4) is 0 Å². The summed E-state index contributed by atoms with van der Waals surface area (Å²) in [4.78, 5) is 11.5. The van der Waals surface area contributed by atoms with Crippen LogP contribution in [0.5, 0.6) is 0 Å². The van der Waals surface area contributed by atoms with E-state index in [4.69, 9.17) is 5.21 Å². The Morgan fingerprint density at radius 1 is 1.24 bits per heavy atom. The quantitative estimate of drug-likeness (QED) is 0.446. The first-order chi connectivity index (χ1) is 10.1. The maximum Gasteiger partial charge on any atom is 0.274 e. The number of hydrogen-bond donors (Lipinski definition) is 3. The van der Waals surface area contributed by atoms with Crippen molar-refractivity contribution >= 4 is 17.3 Å². The van der Waals surface area contributed by atoms with Gasteiger partial charge in [0.05, 0.1) is 17.9 Å². The van der Waals surface area contributed by atoms with Crippen molar-refractivity contribution in [1.82, 2.24) is 10.2 Å². The second-order valence-electron chi connectivity index (χ2n) is 4.19. The normalized spacial score (nSPS) is 12.0. The standard InChI is InChI=1S/C14H13FN2O3S/c15-12-2-1-3-13(8-12)21(20)16-9-10-4-6-11(7-5-10)14(18)17-19/h1-8,16,19H,9H2,(H,17,18). The Hall–Kier alpha value is -1.93. The van der Waals surface area contributed by atoms with Crippen molar-refractivity contribution in [1.29, 1.82) is 0 Å². The molecular formula is C14H13FN2O3S. The lowest BCUT2D eigenvalue weighted by molar-refractivity contribution is 0.0706. The second kappa shape index (κ2) is 7.19. The van der Waals surface area contributed by atoms with Gasteiger partial charge in [-0.15, -0.1) is 4.72 Å². The van der Waals surface area contributed by atoms with Crippen LogP contribution in [0.4, 0.5) is 4.39 Å². The zero-order valence-corrected chi connectivity index (χ0v) is 11.7. The van der Waals surface area contributed by atoms with E-state index in [2.05, 4.69) is 4.72 Å². The van der Waals surface area contributed by atoms with E-state index in [1.807, 2.05) is 0 Å². The summed E-state index contributed by atoms with van der Waals surface area (Å²) in [5, 5.41) is 8.50. The van der Waals surface area contributed by atoms with E-state index >= 15 is 0 Å². The minimum Gasteiger partial charge on any atom is -0.593 e. The smallest absolute Gasteiger partial charge is 0.274 e. The molecule has 110 valence electrons. The van der Waals surface area contributed by atoms with Gasteiger partial charge < -0.3 is 4.55 Å². The fourth-order valence-corrected chi connectivity index (χ4v) is 2.54. The highest BCUT2D eigenvalue weighted by molar-refractivity contribution is 7.89. The fraction of sp³-hybridized carbons (Fsp3) is 0.0714. The number of carbonyl (C=O) groups is 1. The summed E-state index contributed by atoms with van der Waals surface area (Å²) in [6, 6.07) is 12.0. The fourth-order valence-electron chi connectivity index (χ4n) is 1.65. The molecule has 0 fully saturated rings. The summed E-state index contributed by atoms with van der Waals surface area (Å²) < 4.78 is 27.7. The molecule has 7 heteroatoms. The highest BCUT2D eigenvalue weighted by Crippen LogP contribution is 2.11. The van der Waals surface area contributed by atoms with Gasteiger partial charge in [-0.25, -0.2) is 9.87 Å². The molecule has 0 saturated carbocycles. The number of halogens is 1. The van der Waals surface area contributed by atoms with Crippen molar-refractivity contribution in [3.63, 3.8) is 0 Å². The Bertz CT molecular complexity index is 622. The van der Waals surface area contributed by atoms with E-state index in [1.54, 1.807) is 18.2 Å². The summed E-state index contributed by atoms with van der Waals surface area (Å²) in [6.07, 6.45) is 0. The van der Waals surface area contributed by atoms with Crippen molar-refractivity contribution in [2.75, 3.05) is 0 Å².